The zero-order chi connectivity index (χ0) is 14.5. The number of carbonyl (C=O) groups excluding carboxylic acids is 1. The number of aryl methyl sites for hydroxylation is 1. The van der Waals surface area contributed by atoms with Crippen LogP contribution in [0, 0.1) is 6.92 Å². The zero-order valence-corrected chi connectivity index (χ0v) is 13.5. The fourth-order valence-electron chi connectivity index (χ4n) is 2.41. The number of amides is 1. The molecule has 0 fully saturated rings. The van der Waals surface area contributed by atoms with Gasteiger partial charge in [0.05, 0.1) is 6.04 Å². The number of benzene rings is 1. The molecular weight excluding hydrogens is 288 g/mol. The van der Waals surface area contributed by atoms with E-state index in [1.54, 1.807) is 0 Å². The molecule has 1 unspecified atom stereocenters. The Morgan fingerprint density at radius 1 is 1.33 bits per heavy atom. The molecule has 0 aliphatic rings. The maximum absolute atomic E-state index is 11.8. The average molecular weight is 311 g/mol. The number of hydrogen-bond acceptors (Lipinski definition) is 3. The number of furan rings is 1. The molecule has 116 valence electrons. The van der Waals surface area contributed by atoms with E-state index in [-0.39, 0.29) is 24.4 Å². The molecule has 0 radical (unpaired) electrons. The van der Waals surface area contributed by atoms with Crippen LogP contribution in [-0.2, 0) is 4.79 Å². The Morgan fingerprint density at radius 3 is 2.71 bits per heavy atom. The zero-order valence-electron chi connectivity index (χ0n) is 12.7. The Balaban J connectivity index is 0.00000220. The molecule has 0 aliphatic heterocycles. The highest BCUT2D eigenvalue weighted by molar-refractivity contribution is 5.85. The maximum Gasteiger partial charge on any atom is 0.220 e. The second kappa shape index (κ2) is 8.05. The van der Waals surface area contributed by atoms with Gasteiger partial charge in [0.15, 0.2) is 0 Å². The van der Waals surface area contributed by atoms with Gasteiger partial charge < -0.3 is 15.1 Å². The normalized spacial score (nSPS) is 12.0. The van der Waals surface area contributed by atoms with E-state index >= 15 is 0 Å². The van der Waals surface area contributed by atoms with Crippen LogP contribution in [0.1, 0.15) is 37.1 Å². The van der Waals surface area contributed by atoms with E-state index < -0.39 is 0 Å². The Hall–Kier alpha value is -1.52. The van der Waals surface area contributed by atoms with Gasteiger partial charge in [0, 0.05) is 17.4 Å². The number of carbonyl (C=O) groups is 1. The standard InChI is InChI=1S/C16H22N2O2.ClH/c1-11-13-7-4-5-8-14(13)20-16(11)12(2)18-15(19)9-6-10-17-3;/h4-5,7-8,12,17H,6,9-10H2,1-3H3,(H,18,19);1H. The largest absolute Gasteiger partial charge is 0.459 e. The summed E-state index contributed by atoms with van der Waals surface area (Å²) < 4.78 is 5.86. The molecule has 2 aromatic rings. The van der Waals surface area contributed by atoms with E-state index in [0.717, 1.165) is 35.3 Å². The summed E-state index contributed by atoms with van der Waals surface area (Å²) in [5.74, 6) is 0.903. The molecule has 1 amide bonds. The summed E-state index contributed by atoms with van der Waals surface area (Å²) in [5.41, 5.74) is 1.97. The highest BCUT2D eigenvalue weighted by atomic mass is 35.5. The third-order valence-corrected chi connectivity index (χ3v) is 3.48. The first kappa shape index (κ1) is 17.5. The van der Waals surface area contributed by atoms with Crippen molar-refractivity contribution in [2.45, 2.75) is 32.7 Å². The molecule has 1 atom stereocenters. The van der Waals surface area contributed by atoms with Crippen molar-refractivity contribution in [3.8, 4) is 0 Å². The Kier molecular flexibility index (Phi) is 6.72. The van der Waals surface area contributed by atoms with Crippen molar-refractivity contribution in [3.05, 3.63) is 35.6 Å². The van der Waals surface area contributed by atoms with Crippen LogP contribution in [0.3, 0.4) is 0 Å². The maximum atomic E-state index is 11.8. The molecule has 0 bridgehead atoms. The van der Waals surface area contributed by atoms with Crippen molar-refractivity contribution in [3.63, 3.8) is 0 Å². The molecule has 1 aromatic carbocycles. The lowest BCUT2D eigenvalue weighted by atomic mass is 10.1. The molecule has 2 rings (SSSR count). The van der Waals surface area contributed by atoms with E-state index in [4.69, 9.17) is 4.42 Å². The smallest absolute Gasteiger partial charge is 0.220 e. The molecule has 0 saturated heterocycles. The van der Waals surface area contributed by atoms with Gasteiger partial charge in [-0.25, -0.2) is 0 Å². The first-order valence-electron chi connectivity index (χ1n) is 7.05. The van der Waals surface area contributed by atoms with Gasteiger partial charge in [0.25, 0.3) is 0 Å². The molecule has 4 nitrogen and oxygen atoms in total. The molecule has 0 saturated carbocycles. The highest BCUT2D eigenvalue weighted by Gasteiger charge is 2.17. The lowest BCUT2D eigenvalue weighted by Crippen LogP contribution is -2.27. The summed E-state index contributed by atoms with van der Waals surface area (Å²) in [6.07, 6.45) is 1.37. The fraction of sp³-hybridized carbons (Fsp3) is 0.438. The van der Waals surface area contributed by atoms with Gasteiger partial charge in [0.2, 0.25) is 5.91 Å². The number of fused-ring (bicyclic) bond motifs is 1. The van der Waals surface area contributed by atoms with E-state index in [0.29, 0.717) is 6.42 Å². The Morgan fingerprint density at radius 2 is 2.05 bits per heavy atom. The monoisotopic (exact) mass is 310 g/mol. The second-order valence-corrected chi connectivity index (χ2v) is 5.08. The third kappa shape index (κ3) is 4.22. The van der Waals surface area contributed by atoms with Crippen molar-refractivity contribution < 1.29 is 9.21 Å². The first-order chi connectivity index (χ1) is 9.63. The summed E-state index contributed by atoms with van der Waals surface area (Å²) in [6, 6.07) is 7.84. The number of hydrogen-bond donors (Lipinski definition) is 2. The van der Waals surface area contributed by atoms with Crippen LogP contribution in [0.5, 0.6) is 0 Å². The summed E-state index contributed by atoms with van der Waals surface area (Å²) in [4.78, 5) is 11.8. The minimum atomic E-state index is -0.107. The van der Waals surface area contributed by atoms with Crippen molar-refractivity contribution in [1.29, 1.82) is 0 Å². The molecule has 2 N–H and O–H groups in total. The van der Waals surface area contributed by atoms with Gasteiger partial charge in [-0.15, -0.1) is 12.4 Å². The van der Waals surface area contributed by atoms with E-state index in [9.17, 15) is 4.79 Å². The topological polar surface area (TPSA) is 54.3 Å². The molecule has 0 aliphatic carbocycles. The first-order valence-corrected chi connectivity index (χ1v) is 7.05. The van der Waals surface area contributed by atoms with E-state index in [2.05, 4.69) is 10.6 Å². The minimum absolute atomic E-state index is 0. The quantitative estimate of drug-likeness (QED) is 0.805. The Labute approximate surface area is 131 Å². The fourth-order valence-corrected chi connectivity index (χ4v) is 2.41. The van der Waals surface area contributed by atoms with Crippen molar-refractivity contribution in [2.24, 2.45) is 0 Å². The molecule has 1 aromatic heterocycles. The summed E-state index contributed by atoms with van der Waals surface area (Å²) in [7, 11) is 1.89. The van der Waals surface area contributed by atoms with Crippen LogP contribution in [-0.4, -0.2) is 19.5 Å². The number of rotatable bonds is 6. The van der Waals surface area contributed by atoms with Gasteiger partial charge in [-0.2, -0.15) is 0 Å². The molecule has 5 heteroatoms. The third-order valence-electron chi connectivity index (χ3n) is 3.48. The van der Waals surface area contributed by atoms with E-state index in [1.807, 2.05) is 45.2 Å². The predicted molar refractivity (Wildman–Crippen MR) is 87.9 cm³/mol. The lowest BCUT2D eigenvalue weighted by molar-refractivity contribution is -0.121. The van der Waals surface area contributed by atoms with Gasteiger partial charge >= 0.3 is 0 Å². The van der Waals surface area contributed by atoms with Crippen molar-refractivity contribution in [2.75, 3.05) is 13.6 Å². The number of halogens is 1. The van der Waals surface area contributed by atoms with Crippen LogP contribution < -0.4 is 10.6 Å². The molecule has 0 spiro atoms. The van der Waals surface area contributed by atoms with Gasteiger partial charge in [-0.3, -0.25) is 4.79 Å². The highest BCUT2D eigenvalue weighted by Crippen LogP contribution is 2.29. The SMILES string of the molecule is CNCCCC(=O)NC(C)c1oc2ccccc2c1C.Cl. The second-order valence-electron chi connectivity index (χ2n) is 5.08. The van der Waals surface area contributed by atoms with Crippen molar-refractivity contribution >= 4 is 29.3 Å². The predicted octanol–water partition coefficient (Wildman–Crippen LogP) is 3.34. The summed E-state index contributed by atoms with van der Waals surface area (Å²) in [5, 5.41) is 7.14. The Bertz CT molecular complexity index is 595. The van der Waals surface area contributed by atoms with Crippen LogP contribution in [0.25, 0.3) is 11.0 Å². The minimum Gasteiger partial charge on any atom is -0.459 e. The van der Waals surface area contributed by atoms with Crippen LogP contribution in [0.4, 0.5) is 0 Å². The number of para-hydroxylation sites is 1. The van der Waals surface area contributed by atoms with Gasteiger partial charge in [-0.1, -0.05) is 18.2 Å². The summed E-state index contributed by atoms with van der Waals surface area (Å²) in [6.45, 7) is 4.84. The molecule has 1 heterocycles. The van der Waals surface area contributed by atoms with Crippen LogP contribution >= 0.6 is 12.4 Å². The lowest BCUT2D eigenvalue weighted by Gasteiger charge is -2.12. The van der Waals surface area contributed by atoms with Gasteiger partial charge in [0.1, 0.15) is 11.3 Å². The molecular formula is C16H23ClN2O2. The number of nitrogens with one attached hydrogen (secondary N) is 2. The van der Waals surface area contributed by atoms with E-state index in [1.165, 1.54) is 0 Å². The average Bonchev–Trinajstić information content (AvgIpc) is 2.77. The van der Waals surface area contributed by atoms with Crippen LogP contribution in [0.15, 0.2) is 28.7 Å². The van der Waals surface area contributed by atoms with Crippen molar-refractivity contribution in [1.82, 2.24) is 10.6 Å². The summed E-state index contributed by atoms with van der Waals surface area (Å²) >= 11 is 0. The molecule has 21 heavy (non-hydrogen) atoms. The van der Waals surface area contributed by atoms with Crippen LogP contribution in [0.2, 0.25) is 0 Å². The van der Waals surface area contributed by atoms with Gasteiger partial charge in [-0.05, 0) is 39.9 Å².